The van der Waals surface area contributed by atoms with Gasteiger partial charge in [-0.2, -0.15) is 0 Å². The van der Waals surface area contributed by atoms with Gasteiger partial charge >= 0.3 is 0 Å². The number of hydrogen-bond acceptors (Lipinski definition) is 1. The molecular weight excluding hydrogens is 170 g/mol. The summed E-state index contributed by atoms with van der Waals surface area (Å²) in [6.45, 7) is 2.00. The zero-order valence-corrected chi connectivity index (χ0v) is 5.11. The van der Waals surface area contributed by atoms with Gasteiger partial charge in [0.1, 0.15) is 0 Å². The van der Waals surface area contributed by atoms with E-state index in [1.807, 2.05) is 0 Å². The van der Waals surface area contributed by atoms with Crippen LogP contribution >= 0.6 is 0 Å². The van der Waals surface area contributed by atoms with Crippen LogP contribution in [0.1, 0.15) is 12.8 Å². The molecule has 0 atom stereocenters. The predicted octanol–water partition coefficient (Wildman–Crippen LogP) is 0.794. The summed E-state index contributed by atoms with van der Waals surface area (Å²) in [5, 5.41) is 0. The van der Waals surface area contributed by atoms with Gasteiger partial charge in [-0.15, -0.1) is 0 Å². The maximum absolute atomic E-state index is 4.94. The topological polar surface area (TPSA) is 9.23 Å². The second-order valence-corrected chi connectivity index (χ2v) is 1.32. The molecule has 0 aromatic heterocycles. The van der Waals surface area contributed by atoms with Gasteiger partial charge in [-0.25, -0.2) is 0 Å². The molecule has 0 aromatic carbocycles. The zero-order valence-electron chi connectivity index (χ0n) is 3.55. The molecule has 1 aliphatic heterocycles. The maximum Gasteiger partial charge on any atom is 0.0466 e. The Balaban J connectivity index is 0.000000250. The second kappa shape index (κ2) is 3.80. The summed E-state index contributed by atoms with van der Waals surface area (Å²) in [6.07, 6.45) is 2.56. The Morgan fingerprint density at radius 1 is 1.00 bits per heavy atom. The van der Waals surface area contributed by atoms with Gasteiger partial charge in [0.05, 0.1) is 0 Å². The average molecular weight is 179 g/mol. The summed E-state index contributed by atoms with van der Waals surface area (Å²) in [5.41, 5.74) is 0. The summed E-state index contributed by atoms with van der Waals surface area (Å²) in [7, 11) is 0. The Kier molecular flexibility index (Phi) is 4.19. The van der Waals surface area contributed by atoms with E-state index in [2.05, 4.69) is 0 Å². The largest absolute Gasteiger partial charge is 0.381 e. The first-order chi connectivity index (χ1) is 2.50. The van der Waals surface area contributed by atoms with Gasteiger partial charge in [-0.05, 0) is 12.8 Å². The van der Waals surface area contributed by atoms with E-state index < -0.39 is 0 Å². The SMILES string of the molecule is C1CCOC1.[Pd]. The molecule has 1 heterocycles. The average Bonchev–Trinajstić information content (AvgIpc) is 1.76. The van der Waals surface area contributed by atoms with Gasteiger partial charge in [0.2, 0.25) is 0 Å². The molecule has 1 nitrogen and oxygen atoms in total. The van der Waals surface area contributed by atoms with Crippen molar-refractivity contribution in [1.29, 1.82) is 0 Å². The van der Waals surface area contributed by atoms with Crippen molar-refractivity contribution in [3.8, 4) is 0 Å². The Labute approximate surface area is 51.7 Å². The van der Waals surface area contributed by atoms with Gasteiger partial charge in [0.25, 0.3) is 0 Å². The van der Waals surface area contributed by atoms with Crippen LogP contribution in [0, 0.1) is 0 Å². The summed E-state index contributed by atoms with van der Waals surface area (Å²) < 4.78 is 4.94. The minimum Gasteiger partial charge on any atom is -0.381 e. The standard InChI is InChI=1S/C4H8O.Pd/c1-2-4-5-3-1;/h1-4H2;. The fraction of sp³-hybridized carbons (Fsp3) is 1.00. The second-order valence-electron chi connectivity index (χ2n) is 1.32. The predicted molar refractivity (Wildman–Crippen MR) is 20.1 cm³/mol. The number of ether oxygens (including phenoxy) is 1. The first-order valence-electron chi connectivity index (χ1n) is 2.08. The van der Waals surface area contributed by atoms with Crippen LogP contribution in [0.15, 0.2) is 0 Å². The van der Waals surface area contributed by atoms with E-state index >= 15 is 0 Å². The number of hydrogen-bond donors (Lipinski definition) is 0. The molecule has 1 aliphatic rings. The fourth-order valence-corrected chi connectivity index (χ4v) is 0.510. The van der Waals surface area contributed by atoms with E-state index in [9.17, 15) is 0 Å². The first kappa shape index (κ1) is 6.62. The molecule has 1 fully saturated rings. The summed E-state index contributed by atoms with van der Waals surface area (Å²) in [5.74, 6) is 0. The molecular formula is C4H8OPd. The number of rotatable bonds is 0. The first-order valence-corrected chi connectivity index (χ1v) is 2.08. The third-order valence-electron chi connectivity index (χ3n) is 0.827. The molecule has 0 aromatic rings. The smallest absolute Gasteiger partial charge is 0.0466 e. The van der Waals surface area contributed by atoms with Gasteiger partial charge in [-0.3, -0.25) is 0 Å². The van der Waals surface area contributed by atoms with Crippen molar-refractivity contribution in [3.63, 3.8) is 0 Å². The van der Waals surface area contributed by atoms with Crippen LogP contribution in [0.4, 0.5) is 0 Å². The minimum absolute atomic E-state index is 0. The summed E-state index contributed by atoms with van der Waals surface area (Å²) in [4.78, 5) is 0. The van der Waals surface area contributed by atoms with E-state index in [1.165, 1.54) is 12.8 Å². The molecule has 1 rings (SSSR count). The normalized spacial score (nSPS) is 20.0. The van der Waals surface area contributed by atoms with E-state index in [4.69, 9.17) is 4.74 Å². The van der Waals surface area contributed by atoms with E-state index in [0.29, 0.717) is 0 Å². The van der Waals surface area contributed by atoms with Crippen molar-refractivity contribution < 1.29 is 25.2 Å². The molecule has 1 saturated heterocycles. The summed E-state index contributed by atoms with van der Waals surface area (Å²) >= 11 is 0. The molecule has 0 aliphatic carbocycles. The fourth-order valence-electron chi connectivity index (χ4n) is 0.510. The van der Waals surface area contributed by atoms with Gasteiger partial charge in [0, 0.05) is 33.6 Å². The van der Waals surface area contributed by atoms with Crippen molar-refractivity contribution in [1.82, 2.24) is 0 Å². The van der Waals surface area contributed by atoms with Gasteiger partial charge in [-0.1, -0.05) is 0 Å². The van der Waals surface area contributed by atoms with Gasteiger partial charge < -0.3 is 4.74 Å². The molecule has 0 bridgehead atoms. The van der Waals surface area contributed by atoms with Crippen LogP contribution in [0.25, 0.3) is 0 Å². The molecule has 2 heteroatoms. The van der Waals surface area contributed by atoms with Gasteiger partial charge in [0.15, 0.2) is 0 Å². The third-order valence-corrected chi connectivity index (χ3v) is 0.827. The maximum atomic E-state index is 4.94. The Bertz CT molecular complexity index is 19.1. The van der Waals surface area contributed by atoms with Crippen LogP contribution in [-0.2, 0) is 25.2 Å². The minimum atomic E-state index is 0. The summed E-state index contributed by atoms with van der Waals surface area (Å²) in [6, 6.07) is 0. The molecule has 6 heavy (non-hydrogen) atoms. The van der Waals surface area contributed by atoms with E-state index in [0.717, 1.165) is 13.2 Å². The molecule has 0 N–H and O–H groups in total. The molecule has 0 spiro atoms. The van der Waals surface area contributed by atoms with Crippen molar-refractivity contribution in [2.75, 3.05) is 13.2 Å². The van der Waals surface area contributed by atoms with E-state index in [-0.39, 0.29) is 20.4 Å². The molecule has 0 amide bonds. The van der Waals surface area contributed by atoms with E-state index in [1.54, 1.807) is 0 Å². The molecule has 0 saturated carbocycles. The van der Waals surface area contributed by atoms with Crippen LogP contribution in [0.2, 0.25) is 0 Å². The zero-order chi connectivity index (χ0) is 3.54. The van der Waals surface area contributed by atoms with Crippen molar-refractivity contribution in [2.24, 2.45) is 0 Å². The quantitative estimate of drug-likeness (QED) is 0.499. The van der Waals surface area contributed by atoms with Crippen LogP contribution in [-0.4, -0.2) is 13.2 Å². The van der Waals surface area contributed by atoms with Crippen molar-refractivity contribution in [2.45, 2.75) is 12.8 Å². The van der Waals surface area contributed by atoms with Crippen LogP contribution in [0.5, 0.6) is 0 Å². The molecule has 0 unspecified atom stereocenters. The van der Waals surface area contributed by atoms with Crippen molar-refractivity contribution >= 4 is 0 Å². The third kappa shape index (κ3) is 1.92. The Morgan fingerprint density at radius 2 is 1.50 bits per heavy atom. The van der Waals surface area contributed by atoms with Crippen LogP contribution < -0.4 is 0 Å². The van der Waals surface area contributed by atoms with Crippen molar-refractivity contribution in [3.05, 3.63) is 0 Å². The van der Waals surface area contributed by atoms with Crippen LogP contribution in [0.3, 0.4) is 0 Å². The molecule has 0 radical (unpaired) electrons. The molecule has 40 valence electrons. The Morgan fingerprint density at radius 3 is 1.67 bits per heavy atom. The Hall–Kier alpha value is 0.622. The monoisotopic (exact) mass is 178 g/mol.